The zero-order valence-electron chi connectivity index (χ0n) is 9.45. The fraction of sp³-hybridized carbons (Fsp3) is 0.444. The summed E-state index contributed by atoms with van der Waals surface area (Å²) in [5.74, 6) is -0.518. The Hall–Kier alpha value is -2.25. The second-order valence-corrected chi connectivity index (χ2v) is 3.86. The molecule has 2 heterocycles. The van der Waals surface area contributed by atoms with Crippen molar-refractivity contribution in [1.29, 1.82) is 0 Å². The number of carboxylic acids is 1. The minimum absolute atomic E-state index is 0.413. The summed E-state index contributed by atoms with van der Waals surface area (Å²) in [4.78, 5) is 11.1. The van der Waals surface area contributed by atoms with Gasteiger partial charge in [0, 0.05) is 0 Å². The van der Waals surface area contributed by atoms with Crippen molar-refractivity contribution in [1.82, 2.24) is 25.3 Å². The molecule has 8 nitrogen and oxygen atoms in total. The van der Waals surface area contributed by atoms with Crippen LogP contribution >= 0.6 is 0 Å². The molecule has 0 fully saturated rings. The van der Waals surface area contributed by atoms with Crippen LogP contribution in [0, 0.1) is 0 Å². The molecule has 0 amide bonds. The molecular weight excluding hydrogens is 224 g/mol. The van der Waals surface area contributed by atoms with E-state index in [9.17, 15) is 4.79 Å². The Morgan fingerprint density at radius 2 is 2.35 bits per heavy atom. The van der Waals surface area contributed by atoms with Gasteiger partial charge in [0.05, 0.1) is 0 Å². The summed E-state index contributed by atoms with van der Waals surface area (Å²) < 4.78 is 1.24. The van der Waals surface area contributed by atoms with Gasteiger partial charge in [0.25, 0.3) is 0 Å². The molecular formula is C9H12N6O2. The standard InChI is InChI=1S/C9H12N6O2/c1-3-9(2,8(16)17)10-6-4-5-7-11-13-14-15(7)12-6/h4-5H,3H2,1-2H3,(H,10,12)(H,16,17). The summed E-state index contributed by atoms with van der Waals surface area (Å²) >= 11 is 0. The number of fused-ring (bicyclic) bond motifs is 1. The van der Waals surface area contributed by atoms with Crippen molar-refractivity contribution in [2.45, 2.75) is 25.8 Å². The number of aromatic nitrogens is 5. The first-order valence-electron chi connectivity index (χ1n) is 5.12. The van der Waals surface area contributed by atoms with E-state index in [0.29, 0.717) is 17.9 Å². The van der Waals surface area contributed by atoms with Crippen molar-refractivity contribution in [2.24, 2.45) is 0 Å². The Balaban J connectivity index is 2.31. The van der Waals surface area contributed by atoms with E-state index in [-0.39, 0.29) is 0 Å². The van der Waals surface area contributed by atoms with Gasteiger partial charge >= 0.3 is 5.97 Å². The zero-order chi connectivity index (χ0) is 12.5. The van der Waals surface area contributed by atoms with Crippen molar-refractivity contribution in [3.8, 4) is 0 Å². The Morgan fingerprint density at radius 1 is 1.59 bits per heavy atom. The van der Waals surface area contributed by atoms with E-state index < -0.39 is 11.5 Å². The molecule has 2 aromatic heterocycles. The Morgan fingerprint density at radius 3 is 3.00 bits per heavy atom. The number of anilines is 1. The lowest BCUT2D eigenvalue weighted by atomic mass is 9.99. The van der Waals surface area contributed by atoms with Gasteiger partial charge in [0.15, 0.2) is 5.65 Å². The molecule has 0 radical (unpaired) electrons. The second-order valence-electron chi connectivity index (χ2n) is 3.86. The fourth-order valence-electron chi connectivity index (χ4n) is 1.29. The van der Waals surface area contributed by atoms with Crippen molar-refractivity contribution in [2.75, 3.05) is 5.32 Å². The summed E-state index contributed by atoms with van der Waals surface area (Å²) in [5, 5.41) is 26.8. The first-order valence-corrected chi connectivity index (χ1v) is 5.12. The number of rotatable bonds is 4. The van der Waals surface area contributed by atoms with Crippen LogP contribution in [0.3, 0.4) is 0 Å². The van der Waals surface area contributed by atoms with Gasteiger partial charge in [-0.2, -0.15) is 0 Å². The molecule has 0 saturated heterocycles. The highest BCUT2D eigenvalue weighted by Crippen LogP contribution is 2.16. The number of carbonyl (C=O) groups is 1. The van der Waals surface area contributed by atoms with Gasteiger partial charge < -0.3 is 10.4 Å². The van der Waals surface area contributed by atoms with E-state index in [1.807, 2.05) is 0 Å². The van der Waals surface area contributed by atoms with E-state index in [1.54, 1.807) is 26.0 Å². The monoisotopic (exact) mass is 236 g/mol. The molecule has 2 aromatic rings. The van der Waals surface area contributed by atoms with Crippen molar-refractivity contribution >= 4 is 17.4 Å². The average Bonchev–Trinajstić information content (AvgIpc) is 2.75. The molecule has 2 N–H and O–H groups in total. The van der Waals surface area contributed by atoms with Crippen LogP contribution in [0.5, 0.6) is 0 Å². The van der Waals surface area contributed by atoms with Crippen molar-refractivity contribution < 1.29 is 9.90 Å². The summed E-state index contributed by atoms with van der Waals surface area (Å²) in [7, 11) is 0. The lowest BCUT2D eigenvalue weighted by Crippen LogP contribution is -2.43. The lowest BCUT2D eigenvalue weighted by molar-refractivity contribution is -0.141. The third-order valence-electron chi connectivity index (χ3n) is 2.65. The molecule has 8 heteroatoms. The largest absolute Gasteiger partial charge is 0.480 e. The number of hydrogen-bond donors (Lipinski definition) is 2. The van der Waals surface area contributed by atoms with Crippen molar-refractivity contribution in [3.05, 3.63) is 12.1 Å². The van der Waals surface area contributed by atoms with Crippen LogP contribution in [-0.2, 0) is 4.79 Å². The maximum atomic E-state index is 11.1. The highest BCUT2D eigenvalue weighted by atomic mass is 16.4. The fourth-order valence-corrected chi connectivity index (χ4v) is 1.29. The maximum absolute atomic E-state index is 11.1. The van der Waals surface area contributed by atoms with Crippen LogP contribution in [0.25, 0.3) is 5.65 Å². The Bertz CT molecular complexity index is 553. The van der Waals surface area contributed by atoms with E-state index >= 15 is 0 Å². The molecule has 2 rings (SSSR count). The van der Waals surface area contributed by atoms with Crippen molar-refractivity contribution in [3.63, 3.8) is 0 Å². The average molecular weight is 236 g/mol. The highest BCUT2D eigenvalue weighted by molar-refractivity contribution is 5.81. The van der Waals surface area contributed by atoms with E-state index in [0.717, 1.165) is 0 Å². The first-order chi connectivity index (χ1) is 8.05. The minimum Gasteiger partial charge on any atom is -0.480 e. The molecule has 0 aliphatic carbocycles. The summed E-state index contributed by atoms with van der Waals surface area (Å²) in [6.45, 7) is 3.39. The molecule has 0 aromatic carbocycles. The third-order valence-corrected chi connectivity index (χ3v) is 2.65. The Kier molecular flexibility index (Phi) is 2.62. The quantitative estimate of drug-likeness (QED) is 0.780. The van der Waals surface area contributed by atoms with E-state index in [4.69, 9.17) is 5.11 Å². The molecule has 17 heavy (non-hydrogen) atoms. The number of nitrogens with zero attached hydrogens (tertiary/aromatic N) is 5. The van der Waals surface area contributed by atoms with Gasteiger partial charge in [-0.3, -0.25) is 0 Å². The number of aliphatic carboxylic acids is 1. The minimum atomic E-state index is -1.06. The van der Waals surface area contributed by atoms with Gasteiger partial charge in [-0.1, -0.05) is 6.92 Å². The summed E-state index contributed by atoms with van der Waals surface area (Å²) in [5.41, 5.74) is -0.557. The van der Waals surface area contributed by atoms with Gasteiger partial charge in [-0.15, -0.1) is 14.8 Å². The first kappa shape index (κ1) is 11.2. The molecule has 1 unspecified atom stereocenters. The smallest absolute Gasteiger partial charge is 0.329 e. The summed E-state index contributed by atoms with van der Waals surface area (Å²) in [6.07, 6.45) is 0.428. The lowest BCUT2D eigenvalue weighted by Gasteiger charge is -2.24. The predicted octanol–water partition coefficient (Wildman–Crippen LogP) is 0.184. The number of tetrazole rings is 1. The second kappa shape index (κ2) is 3.96. The van der Waals surface area contributed by atoms with E-state index in [2.05, 4.69) is 25.9 Å². The van der Waals surface area contributed by atoms with Gasteiger partial charge in [0.1, 0.15) is 11.4 Å². The van der Waals surface area contributed by atoms with Gasteiger partial charge in [-0.25, -0.2) is 4.79 Å². The SMILES string of the molecule is CCC(C)(Nc1ccc2nnnn2n1)C(=O)O. The number of hydrogen-bond acceptors (Lipinski definition) is 6. The number of carboxylic acid groups (broad SMARTS) is 1. The molecule has 0 aliphatic heterocycles. The van der Waals surface area contributed by atoms with Crippen LogP contribution in [0.4, 0.5) is 5.82 Å². The van der Waals surface area contributed by atoms with Gasteiger partial charge in [-0.05, 0) is 35.9 Å². The van der Waals surface area contributed by atoms with Crippen LogP contribution in [0.2, 0.25) is 0 Å². The van der Waals surface area contributed by atoms with E-state index in [1.165, 1.54) is 4.63 Å². The van der Waals surface area contributed by atoms with Crippen LogP contribution in [-0.4, -0.2) is 41.9 Å². The molecule has 0 bridgehead atoms. The zero-order valence-corrected chi connectivity index (χ0v) is 9.45. The highest BCUT2D eigenvalue weighted by Gasteiger charge is 2.31. The molecule has 90 valence electrons. The topological polar surface area (TPSA) is 105 Å². The van der Waals surface area contributed by atoms with Crippen LogP contribution < -0.4 is 5.32 Å². The van der Waals surface area contributed by atoms with Gasteiger partial charge in [0.2, 0.25) is 0 Å². The molecule has 0 spiro atoms. The van der Waals surface area contributed by atoms with Crippen LogP contribution in [0.15, 0.2) is 12.1 Å². The predicted molar refractivity (Wildman–Crippen MR) is 58.5 cm³/mol. The molecule has 0 saturated carbocycles. The molecule has 1 atom stereocenters. The van der Waals surface area contributed by atoms with Crippen LogP contribution in [0.1, 0.15) is 20.3 Å². The summed E-state index contributed by atoms with van der Waals surface area (Å²) in [6, 6.07) is 3.30. The Labute approximate surface area is 96.6 Å². The maximum Gasteiger partial charge on any atom is 0.329 e. The molecule has 0 aliphatic rings. The third kappa shape index (κ3) is 2.01. The normalized spacial score (nSPS) is 14.5. The number of nitrogens with one attached hydrogen (secondary N) is 1.